The molecule has 0 fully saturated rings. The predicted molar refractivity (Wildman–Crippen MR) is 122 cm³/mol. The molecule has 2 atom stereocenters. The van der Waals surface area contributed by atoms with Gasteiger partial charge in [-0.3, -0.25) is 13.2 Å². The van der Waals surface area contributed by atoms with Crippen LogP contribution in [-0.2, 0) is 30.5 Å². The Labute approximate surface area is 192 Å². The largest absolute Gasteiger partial charge is 0.311 e. The molecular weight excluding hydrogens is 453 g/mol. The summed E-state index contributed by atoms with van der Waals surface area (Å²) in [5.41, 5.74) is 2.37. The number of halogens is 1. The van der Waals surface area contributed by atoms with Gasteiger partial charge in [0.2, 0.25) is 5.78 Å². The highest BCUT2D eigenvalue weighted by molar-refractivity contribution is 7.83. The Kier molecular flexibility index (Phi) is 8.10. The molecule has 0 bridgehead atoms. The monoisotopic (exact) mass is 479 g/mol. The van der Waals surface area contributed by atoms with E-state index in [0.717, 1.165) is 11.1 Å². The summed E-state index contributed by atoms with van der Waals surface area (Å²) in [6.45, 7) is 7.88. The van der Waals surface area contributed by atoms with E-state index in [1.54, 1.807) is 10.6 Å². The van der Waals surface area contributed by atoms with Crippen molar-refractivity contribution < 1.29 is 26.0 Å². The lowest BCUT2D eigenvalue weighted by Crippen LogP contribution is -2.12. The molecule has 172 valence electrons. The third kappa shape index (κ3) is 4.91. The van der Waals surface area contributed by atoms with E-state index < -0.39 is 33.8 Å². The first kappa shape index (κ1) is 24.4. The molecule has 32 heavy (non-hydrogen) atoms. The highest BCUT2D eigenvalue weighted by Crippen LogP contribution is 2.35. The van der Waals surface area contributed by atoms with E-state index in [4.69, 9.17) is 8.37 Å². The first-order valence-corrected chi connectivity index (χ1v) is 12.5. The normalized spacial score (nSPS) is 13.4. The van der Waals surface area contributed by atoms with Gasteiger partial charge in [-0.05, 0) is 62.1 Å². The minimum Gasteiger partial charge on any atom is -0.311 e. The summed E-state index contributed by atoms with van der Waals surface area (Å²) in [6, 6.07) is 7.00. The van der Waals surface area contributed by atoms with Crippen LogP contribution in [0.15, 0.2) is 46.3 Å². The Morgan fingerprint density at radius 3 is 2.09 bits per heavy atom. The van der Waals surface area contributed by atoms with Gasteiger partial charge in [-0.25, -0.2) is 12.8 Å². The Morgan fingerprint density at radius 2 is 1.53 bits per heavy atom. The number of rotatable bonds is 10. The number of benzene rings is 1. The number of nitrogens with zero attached hydrogens (tertiary/aromatic N) is 1. The van der Waals surface area contributed by atoms with Crippen LogP contribution in [0.4, 0.5) is 4.39 Å². The molecule has 0 saturated carbocycles. The van der Waals surface area contributed by atoms with Crippen molar-refractivity contribution in [2.75, 3.05) is 13.2 Å². The zero-order chi connectivity index (χ0) is 23.4. The van der Waals surface area contributed by atoms with Crippen LogP contribution in [0.1, 0.15) is 53.9 Å². The smallest absolute Gasteiger partial charge is 0.211 e. The summed E-state index contributed by atoms with van der Waals surface area (Å²) in [7, 11) is 0. The van der Waals surface area contributed by atoms with Gasteiger partial charge in [0.05, 0.1) is 18.7 Å². The van der Waals surface area contributed by atoms with Crippen molar-refractivity contribution in [2.24, 2.45) is 0 Å². The zero-order valence-electron chi connectivity index (χ0n) is 18.5. The average Bonchev–Trinajstić information content (AvgIpc) is 3.11. The van der Waals surface area contributed by atoms with Gasteiger partial charge in [0.1, 0.15) is 21.3 Å². The van der Waals surface area contributed by atoms with Gasteiger partial charge in [-0.2, -0.15) is 0 Å². The molecule has 0 aliphatic heterocycles. The van der Waals surface area contributed by atoms with Crippen molar-refractivity contribution in [1.82, 2.24) is 4.40 Å². The number of fused-ring (bicyclic) bond motifs is 1. The van der Waals surface area contributed by atoms with Crippen molar-refractivity contribution in [3.63, 3.8) is 0 Å². The fourth-order valence-electron chi connectivity index (χ4n) is 3.39. The fraction of sp³-hybridized carbons (Fsp3) is 0.348. The van der Waals surface area contributed by atoms with Gasteiger partial charge in [0, 0.05) is 11.8 Å². The van der Waals surface area contributed by atoms with Crippen LogP contribution >= 0.6 is 0 Å². The number of aromatic nitrogens is 1. The second kappa shape index (κ2) is 10.6. The molecule has 6 nitrogen and oxygen atoms in total. The molecule has 0 saturated heterocycles. The Balaban J connectivity index is 2.36. The lowest BCUT2D eigenvalue weighted by molar-refractivity contribution is 0.103. The number of pyridine rings is 1. The lowest BCUT2D eigenvalue weighted by Gasteiger charge is -2.08. The lowest BCUT2D eigenvalue weighted by atomic mass is 10.1. The minimum atomic E-state index is -2.07. The maximum absolute atomic E-state index is 13.6. The van der Waals surface area contributed by atoms with Crippen LogP contribution in [-0.4, -0.2) is 31.8 Å². The highest BCUT2D eigenvalue weighted by atomic mass is 32.2. The second-order valence-corrected chi connectivity index (χ2v) is 9.60. The Bertz CT molecular complexity index is 1190. The predicted octanol–water partition coefficient (Wildman–Crippen LogP) is 4.82. The highest BCUT2D eigenvalue weighted by Gasteiger charge is 2.33. The maximum Gasteiger partial charge on any atom is 0.211 e. The molecule has 0 aliphatic carbocycles. The number of ketones is 1. The Morgan fingerprint density at radius 1 is 0.969 bits per heavy atom. The van der Waals surface area contributed by atoms with E-state index in [1.165, 1.54) is 24.3 Å². The van der Waals surface area contributed by atoms with Crippen LogP contribution in [0.5, 0.6) is 0 Å². The van der Waals surface area contributed by atoms with E-state index >= 15 is 0 Å². The molecule has 2 aromatic heterocycles. The Hall–Kier alpha value is -2.20. The van der Waals surface area contributed by atoms with E-state index in [2.05, 4.69) is 0 Å². The quantitative estimate of drug-likeness (QED) is 0.390. The maximum atomic E-state index is 13.6. The molecule has 3 rings (SSSR count). The minimum absolute atomic E-state index is 0.0240. The summed E-state index contributed by atoms with van der Waals surface area (Å²) in [5, 5.41) is 0. The molecule has 2 unspecified atom stereocenters. The van der Waals surface area contributed by atoms with Crippen LogP contribution < -0.4 is 0 Å². The first-order valence-electron chi connectivity index (χ1n) is 10.4. The summed E-state index contributed by atoms with van der Waals surface area (Å²) >= 11 is -4.04. The summed E-state index contributed by atoms with van der Waals surface area (Å²) in [5.74, 6) is -0.953. The summed E-state index contributed by atoms with van der Waals surface area (Å²) in [4.78, 5) is 13.8. The van der Waals surface area contributed by atoms with E-state index in [0.29, 0.717) is 18.4 Å². The standard InChI is InChI=1S/C23H26FNO5S2/c1-5-11-29-31(27)22-19-16(4)13-15(3)14-25(19)20(23(22)32(28)30-12-6-2)21(26)17-7-9-18(24)10-8-17/h7-10,13-14H,5-6,11-12H2,1-4H3. The zero-order valence-corrected chi connectivity index (χ0v) is 20.1. The number of aryl methyl sites for hydroxylation is 2. The van der Waals surface area contributed by atoms with E-state index in [1.807, 2.05) is 33.8 Å². The van der Waals surface area contributed by atoms with Crippen molar-refractivity contribution in [3.05, 3.63) is 64.7 Å². The van der Waals surface area contributed by atoms with Crippen molar-refractivity contribution in [2.45, 2.75) is 50.3 Å². The third-order valence-electron chi connectivity index (χ3n) is 4.71. The van der Waals surface area contributed by atoms with Crippen molar-refractivity contribution in [1.29, 1.82) is 0 Å². The van der Waals surface area contributed by atoms with Crippen LogP contribution in [0, 0.1) is 19.7 Å². The molecule has 0 radical (unpaired) electrons. The molecule has 9 heteroatoms. The molecule has 0 spiro atoms. The number of hydrogen-bond acceptors (Lipinski definition) is 5. The molecule has 0 amide bonds. The van der Waals surface area contributed by atoms with Gasteiger partial charge >= 0.3 is 0 Å². The van der Waals surface area contributed by atoms with Crippen LogP contribution in [0.25, 0.3) is 5.52 Å². The molecule has 2 heterocycles. The molecule has 1 aromatic carbocycles. The topological polar surface area (TPSA) is 74.1 Å². The van der Waals surface area contributed by atoms with Gasteiger partial charge in [0.25, 0.3) is 0 Å². The molecule has 3 aromatic rings. The third-order valence-corrected chi connectivity index (χ3v) is 7.06. The van der Waals surface area contributed by atoms with E-state index in [9.17, 15) is 17.6 Å². The summed E-state index contributed by atoms with van der Waals surface area (Å²) in [6.07, 6.45) is 2.98. The van der Waals surface area contributed by atoms with Crippen LogP contribution in [0.2, 0.25) is 0 Å². The fourth-order valence-corrected chi connectivity index (χ4v) is 5.93. The van der Waals surface area contributed by atoms with Crippen LogP contribution in [0.3, 0.4) is 0 Å². The molecule has 0 N–H and O–H groups in total. The van der Waals surface area contributed by atoms with Gasteiger partial charge < -0.3 is 4.40 Å². The van der Waals surface area contributed by atoms with Gasteiger partial charge in [-0.1, -0.05) is 19.9 Å². The number of carbonyl (C=O) groups is 1. The van der Waals surface area contributed by atoms with Crippen molar-refractivity contribution in [3.8, 4) is 0 Å². The molecule has 0 aliphatic rings. The van der Waals surface area contributed by atoms with Gasteiger partial charge in [0.15, 0.2) is 22.2 Å². The number of hydrogen-bond donors (Lipinski definition) is 0. The van der Waals surface area contributed by atoms with Gasteiger partial charge in [-0.15, -0.1) is 0 Å². The number of carbonyl (C=O) groups excluding carboxylic acids is 1. The average molecular weight is 480 g/mol. The first-order chi connectivity index (χ1) is 15.3. The summed E-state index contributed by atoms with van der Waals surface area (Å²) < 4.78 is 52.5. The van der Waals surface area contributed by atoms with Crippen molar-refractivity contribution >= 4 is 33.5 Å². The SMILES string of the molecule is CCCOS(=O)c1c(S(=O)OCCC)c2c(C)cc(C)cn2c1C(=O)c1ccc(F)cc1. The second-order valence-electron chi connectivity index (χ2n) is 7.38. The molecular formula is C23H26FNO5S2. The van der Waals surface area contributed by atoms with E-state index in [-0.39, 0.29) is 34.3 Å².